The fourth-order valence-corrected chi connectivity index (χ4v) is 2.31. The van der Waals surface area contributed by atoms with Crippen molar-refractivity contribution in [3.63, 3.8) is 0 Å². The summed E-state index contributed by atoms with van der Waals surface area (Å²) in [6, 6.07) is 14.1. The number of hydrogen-bond acceptors (Lipinski definition) is 2. The number of hydrogen-bond donors (Lipinski definition) is 0. The molecule has 1 aromatic carbocycles. The van der Waals surface area contributed by atoms with Crippen molar-refractivity contribution < 1.29 is 4.39 Å². The molecule has 3 nitrogen and oxygen atoms in total. The molecule has 0 aliphatic heterocycles. The summed E-state index contributed by atoms with van der Waals surface area (Å²) in [4.78, 5) is 4.57. The van der Waals surface area contributed by atoms with Crippen molar-refractivity contribution in [3.05, 3.63) is 60.2 Å². The van der Waals surface area contributed by atoms with Crippen molar-refractivity contribution in [2.45, 2.75) is 12.8 Å². The second kappa shape index (κ2) is 4.78. The van der Waals surface area contributed by atoms with Crippen molar-refractivity contribution in [1.82, 2.24) is 9.38 Å². The molecule has 0 saturated heterocycles. The van der Waals surface area contributed by atoms with Crippen LogP contribution in [0.1, 0.15) is 18.5 Å². The average Bonchev–Trinajstić information content (AvgIpc) is 2.86. The van der Waals surface area contributed by atoms with E-state index in [9.17, 15) is 9.65 Å². The Morgan fingerprint density at radius 2 is 1.95 bits per heavy atom. The van der Waals surface area contributed by atoms with E-state index in [-0.39, 0.29) is 11.7 Å². The normalized spacial score (nSPS) is 12.2. The van der Waals surface area contributed by atoms with Gasteiger partial charge in [0, 0.05) is 11.8 Å². The number of rotatable bonds is 2. The van der Waals surface area contributed by atoms with Crippen LogP contribution in [0.25, 0.3) is 16.9 Å². The molecule has 0 bridgehead atoms. The second-order valence-corrected chi connectivity index (χ2v) is 4.63. The third-order valence-electron chi connectivity index (χ3n) is 3.29. The standard InChI is InChI=1S/C16H12FN3/c1-11(10-18)16-15(12-5-7-13(17)8-6-12)19-14-4-2-3-9-20(14)16/h2-9,11H,1H3. The van der Waals surface area contributed by atoms with E-state index >= 15 is 0 Å². The quantitative estimate of drug-likeness (QED) is 0.707. The summed E-state index contributed by atoms with van der Waals surface area (Å²) < 4.78 is 15.0. The minimum Gasteiger partial charge on any atom is -0.302 e. The third kappa shape index (κ3) is 1.94. The Morgan fingerprint density at radius 3 is 2.65 bits per heavy atom. The number of halogens is 1. The van der Waals surface area contributed by atoms with Crippen LogP contribution in [0.5, 0.6) is 0 Å². The lowest BCUT2D eigenvalue weighted by Crippen LogP contribution is -1.98. The molecule has 4 heteroatoms. The summed E-state index contributed by atoms with van der Waals surface area (Å²) >= 11 is 0. The molecule has 1 unspecified atom stereocenters. The van der Waals surface area contributed by atoms with Crippen LogP contribution in [0.15, 0.2) is 48.7 Å². The average molecular weight is 265 g/mol. The predicted molar refractivity (Wildman–Crippen MR) is 74.6 cm³/mol. The molecule has 0 aliphatic carbocycles. The zero-order chi connectivity index (χ0) is 14.1. The lowest BCUT2D eigenvalue weighted by atomic mass is 10.0. The Hall–Kier alpha value is -2.67. The molecule has 3 aromatic rings. The number of benzene rings is 1. The first kappa shape index (κ1) is 12.4. The minimum atomic E-state index is -0.299. The Bertz CT molecular complexity index is 797. The Kier molecular flexibility index (Phi) is 2.96. The highest BCUT2D eigenvalue weighted by atomic mass is 19.1. The zero-order valence-electron chi connectivity index (χ0n) is 10.9. The molecule has 0 spiro atoms. The van der Waals surface area contributed by atoms with E-state index in [1.54, 1.807) is 12.1 Å². The van der Waals surface area contributed by atoms with Gasteiger partial charge in [-0.25, -0.2) is 9.37 Å². The topological polar surface area (TPSA) is 41.1 Å². The van der Waals surface area contributed by atoms with Gasteiger partial charge in [0.25, 0.3) is 0 Å². The first-order chi connectivity index (χ1) is 9.70. The first-order valence-corrected chi connectivity index (χ1v) is 6.33. The molecule has 2 aromatic heterocycles. The highest BCUT2D eigenvalue weighted by molar-refractivity contribution is 5.67. The number of imidazole rings is 1. The molecule has 0 aliphatic rings. The van der Waals surface area contributed by atoms with Gasteiger partial charge in [0.1, 0.15) is 11.5 Å². The SMILES string of the molecule is CC(C#N)c1c(-c2ccc(F)cc2)nc2ccccn12. The van der Waals surface area contributed by atoms with Gasteiger partial charge in [-0.05, 0) is 43.3 Å². The van der Waals surface area contributed by atoms with Gasteiger partial charge < -0.3 is 4.40 Å². The Morgan fingerprint density at radius 1 is 1.20 bits per heavy atom. The summed E-state index contributed by atoms with van der Waals surface area (Å²) in [6.45, 7) is 1.84. The molecule has 0 saturated carbocycles. The molecule has 3 rings (SSSR count). The lowest BCUT2D eigenvalue weighted by Gasteiger charge is -2.06. The summed E-state index contributed by atoms with van der Waals surface area (Å²) in [5.41, 5.74) is 3.15. The van der Waals surface area contributed by atoms with Gasteiger partial charge >= 0.3 is 0 Å². The molecule has 0 amide bonds. The smallest absolute Gasteiger partial charge is 0.137 e. The molecule has 2 heterocycles. The Labute approximate surface area is 115 Å². The fraction of sp³-hybridized carbons (Fsp3) is 0.125. The molecule has 0 fully saturated rings. The van der Waals surface area contributed by atoms with Gasteiger partial charge in [0.15, 0.2) is 0 Å². The van der Waals surface area contributed by atoms with Crippen molar-refractivity contribution in [1.29, 1.82) is 5.26 Å². The molecule has 0 radical (unpaired) electrons. The second-order valence-electron chi connectivity index (χ2n) is 4.63. The van der Waals surface area contributed by atoms with Gasteiger partial charge in [0.2, 0.25) is 0 Å². The fourth-order valence-electron chi connectivity index (χ4n) is 2.31. The van der Waals surface area contributed by atoms with E-state index < -0.39 is 0 Å². The van der Waals surface area contributed by atoms with Crippen LogP contribution in [0.2, 0.25) is 0 Å². The number of nitriles is 1. The molecule has 1 atom stereocenters. The largest absolute Gasteiger partial charge is 0.302 e. The third-order valence-corrected chi connectivity index (χ3v) is 3.29. The van der Waals surface area contributed by atoms with Crippen LogP contribution in [0.3, 0.4) is 0 Å². The molecular formula is C16H12FN3. The van der Waals surface area contributed by atoms with Gasteiger partial charge in [-0.1, -0.05) is 6.07 Å². The van der Waals surface area contributed by atoms with Gasteiger partial charge in [-0.3, -0.25) is 0 Å². The summed E-state index contributed by atoms with van der Waals surface area (Å²) in [5.74, 6) is -0.583. The summed E-state index contributed by atoms with van der Waals surface area (Å²) in [7, 11) is 0. The predicted octanol–water partition coefficient (Wildman–Crippen LogP) is 3.77. The summed E-state index contributed by atoms with van der Waals surface area (Å²) in [5, 5.41) is 9.23. The number of pyridine rings is 1. The van der Waals surface area contributed by atoms with E-state index in [1.807, 2.05) is 35.7 Å². The van der Waals surface area contributed by atoms with Gasteiger partial charge in [-0.2, -0.15) is 5.26 Å². The van der Waals surface area contributed by atoms with Crippen LogP contribution in [-0.4, -0.2) is 9.38 Å². The van der Waals surface area contributed by atoms with Crippen molar-refractivity contribution in [3.8, 4) is 17.3 Å². The maximum absolute atomic E-state index is 13.1. The van der Waals surface area contributed by atoms with Crippen LogP contribution in [0, 0.1) is 17.1 Å². The van der Waals surface area contributed by atoms with E-state index in [4.69, 9.17) is 0 Å². The maximum Gasteiger partial charge on any atom is 0.137 e. The van der Waals surface area contributed by atoms with Gasteiger partial charge in [-0.15, -0.1) is 0 Å². The number of fused-ring (bicyclic) bond motifs is 1. The van der Waals surface area contributed by atoms with Gasteiger partial charge in [0.05, 0.1) is 23.4 Å². The highest BCUT2D eigenvalue weighted by Gasteiger charge is 2.18. The van der Waals surface area contributed by atoms with Crippen molar-refractivity contribution in [2.24, 2.45) is 0 Å². The molecule has 98 valence electrons. The van der Waals surface area contributed by atoms with Crippen molar-refractivity contribution in [2.75, 3.05) is 0 Å². The maximum atomic E-state index is 13.1. The van der Waals surface area contributed by atoms with E-state index in [0.29, 0.717) is 0 Å². The monoisotopic (exact) mass is 265 g/mol. The Balaban J connectivity index is 2.29. The van der Waals surface area contributed by atoms with Crippen LogP contribution in [-0.2, 0) is 0 Å². The van der Waals surface area contributed by atoms with E-state index in [2.05, 4.69) is 11.1 Å². The van der Waals surface area contributed by atoms with Crippen molar-refractivity contribution >= 4 is 5.65 Å². The molecular weight excluding hydrogens is 253 g/mol. The molecule has 20 heavy (non-hydrogen) atoms. The van der Waals surface area contributed by atoms with E-state index in [0.717, 1.165) is 22.6 Å². The minimum absolute atomic E-state index is 0.285. The lowest BCUT2D eigenvalue weighted by molar-refractivity contribution is 0.628. The van der Waals surface area contributed by atoms with Crippen LogP contribution < -0.4 is 0 Å². The highest BCUT2D eigenvalue weighted by Crippen LogP contribution is 2.29. The zero-order valence-corrected chi connectivity index (χ0v) is 10.9. The first-order valence-electron chi connectivity index (χ1n) is 6.33. The summed E-state index contributed by atoms with van der Waals surface area (Å²) in [6.07, 6.45) is 1.89. The molecule has 0 N–H and O–H groups in total. The van der Waals surface area contributed by atoms with Crippen LogP contribution >= 0.6 is 0 Å². The van der Waals surface area contributed by atoms with Crippen LogP contribution in [0.4, 0.5) is 4.39 Å². The number of nitrogens with zero attached hydrogens (tertiary/aromatic N) is 3. The van der Waals surface area contributed by atoms with E-state index in [1.165, 1.54) is 12.1 Å². The number of aromatic nitrogens is 2.